The van der Waals surface area contributed by atoms with E-state index < -0.39 is 11.2 Å². The van der Waals surface area contributed by atoms with Crippen LogP contribution in [0.15, 0.2) is 91.7 Å². The zero-order chi connectivity index (χ0) is 25.2. The number of hydrogen-bond donors (Lipinski definition) is 1. The fraction of sp³-hybridized carbons (Fsp3) is 0.143. The Morgan fingerprint density at radius 3 is 2.11 bits per heavy atom. The summed E-state index contributed by atoms with van der Waals surface area (Å²) in [5.41, 5.74) is 1.37. The number of pyridine rings is 1. The molecule has 0 aliphatic heterocycles. The smallest absolute Gasteiger partial charge is 0.353 e. The Labute approximate surface area is 210 Å². The second-order valence-corrected chi connectivity index (χ2v) is 9.15. The van der Waals surface area contributed by atoms with Gasteiger partial charge in [0.15, 0.2) is 11.3 Å². The number of aromatic hydroxyl groups is 1. The van der Waals surface area contributed by atoms with Gasteiger partial charge in [-0.2, -0.15) is 0 Å². The third kappa shape index (κ3) is 4.31. The Kier molecular flexibility index (Phi) is 6.43. The molecule has 5 aromatic rings. The van der Waals surface area contributed by atoms with Crippen LogP contribution in [0.5, 0.6) is 17.2 Å². The first kappa shape index (κ1) is 23.6. The molecule has 8 heteroatoms. The number of ether oxygens (including phenoxy) is 2. The van der Waals surface area contributed by atoms with Crippen molar-refractivity contribution in [3.05, 3.63) is 105 Å². The molecule has 1 N–H and O–H groups in total. The van der Waals surface area contributed by atoms with Crippen molar-refractivity contribution in [2.24, 2.45) is 0 Å². The van der Waals surface area contributed by atoms with Gasteiger partial charge in [0.05, 0.1) is 26.3 Å². The van der Waals surface area contributed by atoms with E-state index in [0.717, 1.165) is 28.6 Å². The third-order valence-electron chi connectivity index (χ3n) is 6.00. The van der Waals surface area contributed by atoms with Gasteiger partial charge in [0.25, 0.3) is 5.56 Å². The number of benzene rings is 3. The largest absolute Gasteiger partial charge is 0.506 e. The van der Waals surface area contributed by atoms with Crippen LogP contribution in [0.25, 0.3) is 21.9 Å². The molecule has 0 saturated carbocycles. The second kappa shape index (κ2) is 9.83. The number of fused-ring (bicyclic) bond motifs is 3. The van der Waals surface area contributed by atoms with Crippen LogP contribution in [0.4, 0.5) is 0 Å². The van der Waals surface area contributed by atoms with Gasteiger partial charge in [-0.1, -0.05) is 36.4 Å². The Hall–Kier alpha value is -4.17. The maximum absolute atomic E-state index is 13.7. The molecular formula is C28H23NO6S. The van der Waals surface area contributed by atoms with Crippen LogP contribution < -0.4 is 20.7 Å². The molecule has 182 valence electrons. The minimum Gasteiger partial charge on any atom is -0.506 e. The molecule has 0 aliphatic carbocycles. The standard InChI is InChI=1S/C28H23NO6S/c1-33-19-11-7-17(8-12-19)15-29-22-6-4-3-5-21(22)25-23(27(29)31)24(30)26(28(32)35-25)36-16-18-9-13-20(34-2)14-10-18/h3-14,30H,15-16H2,1-2H3. The van der Waals surface area contributed by atoms with E-state index in [9.17, 15) is 14.7 Å². The number of para-hydroxylation sites is 1. The van der Waals surface area contributed by atoms with E-state index in [1.807, 2.05) is 54.6 Å². The average molecular weight is 502 g/mol. The summed E-state index contributed by atoms with van der Waals surface area (Å²) in [7, 11) is 3.18. The van der Waals surface area contributed by atoms with E-state index in [4.69, 9.17) is 13.9 Å². The molecular weight excluding hydrogens is 478 g/mol. The zero-order valence-electron chi connectivity index (χ0n) is 19.7. The molecule has 5 rings (SSSR count). The molecule has 2 aromatic heterocycles. The summed E-state index contributed by atoms with van der Waals surface area (Å²) in [6.45, 7) is 0.270. The summed E-state index contributed by atoms with van der Waals surface area (Å²) in [4.78, 5) is 26.6. The normalized spacial score (nSPS) is 11.2. The molecule has 0 fully saturated rings. The van der Waals surface area contributed by atoms with E-state index in [0.29, 0.717) is 22.4 Å². The number of nitrogens with zero attached hydrogens (tertiary/aromatic N) is 1. The van der Waals surface area contributed by atoms with Gasteiger partial charge in [0.1, 0.15) is 21.8 Å². The predicted molar refractivity (Wildman–Crippen MR) is 141 cm³/mol. The number of rotatable bonds is 7. The molecule has 0 unspecified atom stereocenters. The van der Waals surface area contributed by atoms with Gasteiger partial charge in [-0.25, -0.2) is 4.79 Å². The van der Waals surface area contributed by atoms with Crippen LogP contribution in [0.1, 0.15) is 11.1 Å². The van der Waals surface area contributed by atoms with E-state index in [1.165, 1.54) is 0 Å². The minimum absolute atomic E-state index is 0.00157. The zero-order valence-corrected chi connectivity index (χ0v) is 20.5. The van der Waals surface area contributed by atoms with Gasteiger partial charge in [-0.15, -0.1) is 11.8 Å². The van der Waals surface area contributed by atoms with Gasteiger partial charge in [-0.3, -0.25) is 4.79 Å². The van der Waals surface area contributed by atoms with Crippen molar-refractivity contribution >= 4 is 33.6 Å². The highest BCUT2D eigenvalue weighted by Gasteiger charge is 2.22. The van der Waals surface area contributed by atoms with Gasteiger partial charge in [-0.05, 0) is 47.5 Å². The van der Waals surface area contributed by atoms with Crippen LogP contribution in [-0.2, 0) is 12.3 Å². The van der Waals surface area contributed by atoms with Gasteiger partial charge in [0.2, 0.25) is 0 Å². The Morgan fingerprint density at radius 2 is 1.47 bits per heavy atom. The van der Waals surface area contributed by atoms with E-state index >= 15 is 0 Å². The SMILES string of the molecule is COc1ccc(CSc2c(O)c3c(=O)n(Cc4ccc(OC)cc4)c4ccccc4c3oc2=O)cc1. The van der Waals surface area contributed by atoms with Crippen LogP contribution in [-0.4, -0.2) is 23.9 Å². The lowest BCUT2D eigenvalue weighted by Crippen LogP contribution is -2.22. The quantitative estimate of drug-likeness (QED) is 0.243. The first-order valence-corrected chi connectivity index (χ1v) is 12.2. The lowest BCUT2D eigenvalue weighted by molar-refractivity contribution is 0.414. The van der Waals surface area contributed by atoms with Crippen molar-refractivity contribution in [1.82, 2.24) is 4.57 Å². The number of aromatic nitrogens is 1. The third-order valence-corrected chi connectivity index (χ3v) is 7.13. The Bertz CT molecular complexity index is 1670. The van der Waals surface area contributed by atoms with Crippen molar-refractivity contribution in [2.45, 2.75) is 17.2 Å². The van der Waals surface area contributed by atoms with Crippen molar-refractivity contribution in [3.63, 3.8) is 0 Å². The van der Waals surface area contributed by atoms with Crippen LogP contribution >= 0.6 is 11.8 Å². The molecule has 0 radical (unpaired) electrons. The van der Waals surface area contributed by atoms with Crippen LogP contribution in [0.2, 0.25) is 0 Å². The second-order valence-electron chi connectivity index (χ2n) is 8.16. The summed E-state index contributed by atoms with van der Waals surface area (Å²) in [5.74, 6) is 1.48. The highest BCUT2D eigenvalue weighted by Crippen LogP contribution is 2.35. The monoisotopic (exact) mass is 501 g/mol. The molecule has 0 amide bonds. The molecule has 0 saturated heterocycles. The molecule has 2 heterocycles. The number of hydrogen-bond acceptors (Lipinski definition) is 7. The van der Waals surface area contributed by atoms with E-state index in [2.05, 4.69) is 0 Å². The van der Waals surface area contributed by atoms with Crippen molar-refractivity contribution < 1.29 is 19.0 Å². The molecule has 36 heavy (non-hydrogen) atoms. The maximum atomic E-state index is 13.7. The first-order chi connectivity index (χ1) is 17.5. The lowest BCUT2D eigenvalue weighted by Gasteiger charge is -2.14. The predicted octanol–water partition coefficient (Wildman–Crippen LogP) is 5.17. The van der Waals surface area contributed by atoms with E-state index in [1.54, 1.807) is 37.0 Å². The summed E-state index contributed by atoms with van der Waals surface area (Å²) in [6.07, 6.45) is 0. The summed E-state index contributed by atoms with van der Waals surface area (Å²) < 4.78 is 17.6. The summed E-state index contributed by atoms with van der Waals surface area (Å²) in [6, 6.07) is 22.0. The summed E-state index contributed by atoms with van der Waals surface area (Å²) >= 11 is 1.12. The highest BCUT2D eigenvalue weighted by molar-refractivity contribution is 7.98. The summed E-state index contributed by atoms with van der Waals surface area (Å²) in [5, 5.41) is 11.7. The Balaban J connectivity index is 1.62. The van der Waals surface area contributed by atoms with Crippen LogP contribution in [0, 0.1) is 0 Å². The van der Waals surface area contributed by atoms with Gasteiger partial charge < -0.3 is 23.6 Å². The van der Waals surface area contributed by atoms with Crippen molar-refractivity contribution in [3.8, 4) is 17.2 Å². The fourth-order valence-corrected chi connectivity index (χ4v) is 5.02. The lowest BCUT2D eigenvalue weighted by atomic mass is 10.1. The minimum atomic E-state index is -0.684. The highest BCUT2D eigenvalue weighted by atomic mass is 32.2. The molecule has 0 aliphatic rings. The average Bonchev–Trinajstić information content (AvgIpc) is 2.91. The Morgan fingerprint density at radius 1 is 0.861 bits per heavy atom. The van der Waals surface area contributed by atoms with Crippen molar-refractivity contribution in [1.29, 1.82) is 0 Å². The molecule has 3 aromatic carbocycles. The molecule has 0 atom stereocenters. The van der Waals surface area contributed by atoms with Gasteiger partial charge >= 0.3 is 5.63 Å². The maximum Gasteiger partial charge on any atom is 0.353 e. The molecule has 0 spiro atoms. The topological polar surface area (TPSA) is 90.9 Å². The first-order valence-electron chi connectivity index (χ1n) is 11.2. The fourth-order valence-electron chi connectivity index (χ4n) is 4.12. The number of thioether (sulfide) groups is 1. The molecule has 0 bridgehead atoms. The van der Waals surface area contributed by atoms with E-state index in [-0.39, 0.29) is 28.2 Å². The number of methoxy groups -OCH3 is 2. The van der Waals surface area contributed by atoms with Crippen molar-refractivity contribution in [2.75, 3.05) is 14.2 Å². The van der Waals surface area contributed by atoms with Crippen LogP contribution in [0.3, 0.4) is 0 Å². The van der Waals surface area contributed by atoms with Gasteiger partial charge in [0, 0.05) is 11.1 Å². The molecule has 7 nitrogen and oxygen atoms in total.